The molecule has 0 aliphatic carbocycles. The van der Waals surface area contributed by atoms with E-state index >= 15 is 0 Å². The van der Waals surface area contributed by atoms with Gasteiger partial charge in [-0.2, -0.15) is 8.42 Å². The lowest BCUT2D eigenvalue weighted by Crippen LogP contribution is -1.98. The molecule has 0 fully saturated rings. The van der Waals surface area contributed by atoms with E-state index < -0.39 is 10.1 Å². The zero-order chi connectivity index (χ0) is 36.1. The summed E-state index contributed by atoms with van der Waals surface area (Å²) in [6, 6.07) is 6.70. The van der Waals surface area contributed by atoms with E-state index in [0.29, 0.717) is 0 Å². The Hall–Kier alpha value is -0.870. The first-order valence-corrected chi connectivity index (χ1v) is 24.0. The van der Waals surface area contributed by atoms with Crippen molar-refractivity contribution in [3.8, 4) is 0 Å². The molecular weight excluding hydrogens is 633 g/mol. The molecule has 0 saturated carbocycles. The van der Waals surface area contributed by atoms with Crippen LogP contribution in [0.2, 0.25) is 0 Å². The van der Waals surface area contributed by atoms with E-state index in [0.717, 1.165) is 18.4 Å². The summed E-state index contributed by atoms with van der Waals surface area (Å²) in [6.45, 7) is 2.30. The van der Waals surface area contributed by atoms with Gasteiger partial charge >= 0.3 is 0 Å². The van der Waals surface area contributed by atoms with Crippen molar-refractivity contribution in [2.45, 2.75) is 262 Å². The standard InChI is InChI=1S/C46H86O3S/c1-2-3-4-5-6-7-8-9-10-11-12-13-14-15-16-17-18-19-20-21-22-23-24-25-26-27-28-29-30-31-32-33-34-35-36-37-38-39-41-45-42-40-43-46(44-45)50(47,48)49/h40,42-44H,2-39,41H2,1H3,(H,47,48,49). The second-order valence-electron chi connectivity index (χ2n) is 16.0. The quantitative estimate of drug-likeness (QED) is 0.0543. The van der Waals surface area contributed by atoms with Gasteiger partial charge in [-0.3, -0.25) is 4.55 Å². The average Bonchev–Trinajstić information content (AvgIpc) is 3.11. The Labute approximate surface area is 314 Å². The lowest BCUT2D eigenvalue weighted by Gasteiger charge is -2.05. The Balaban J connectivity index is 1.66. The second-order valence-corrected chi connectivity index (χ2v) is 17.4. The molecule has 0 aliphatic heterocycles. The molecule has 0 amide bonds. The third-order valence-corrected chi connectivity index (χ3v) is 11.9. The molecule has 1 N–H and O–H groups in total. The van der Waals surface area contributed by atoms with Crippen LogP contribution in [0.15, 0.2) is 29.2 Å². The van der Waals surface area contributed by atoms with Gasteiger partial charge in [0.25, 0.3) is 10.1 Å². The monoisotopic (exact) mass is 719 g/mol. The smallest absolute Gasteiger partial charge is 0.282 e. The molecular formula is C46H86O3S. The molecule has 0 radical (unpaired) electrons. The Morgan fingerprint density at radius 3 is 0.860 bits per heavy atom. The van der Waals surface area contributed by atoms with Crippen LogP contribution in [-0.4, -0.2) is 13.0 Å². The van der Waals surface area contributed by atoms with E-state index in [9.17, 15) is 13.0 Å². The SMILES string of the molecule is CCCCCCCCCCCCCCCCCCCCCCCCCCCCCCCCCCCCCCCCc1cccc(S(=O)(=O)O)c1. The first-order chi connectivity index (χ1) is 24.5. The fourth-order valence-electron chi connectivity index (χ4n) is 7.63. The molecule has 294 valence electrons. The molecule has 0 aliphatic rings. The second kappa shape index (κ2) is 36.5. The maximum atomic E-state index is 11.3. The topological polar surface area (TPSA) is 54.4 Å². The summed E-state index contributed by atoms with van der Waals surface area (Å²) in [7, 11) is -4.10. The Bertz CT molecular complexity index is 927. The fraction of sp³-hybridized carbons (Fsp3) is 0.870. The highest BCUT2D eigenvalue weighted by Crippen LogP contribution is 2.18. The molecule has 0 heterocycles. The molecule has 0 aromatic heterocycles. The van der Waals surface area contributed by atoms with E-state index in [4.69, 9.17) is 0 Å². The number of benzene rings is 1. The Kier molecular flexibility index (Phi) is 34.4. The highest BCUT2D eigenvalue weighted by atomic mass is 32.2. The van der Waals surface area contributed by atoms with Crippen LogP contribution in [0.3, 0.4) is 0 Å². The maximum absolute atomic E-state index is 11.3. The van der Waals surface area contributed by atoms with Crippen molar-refractivity contribution in [2.24, 2.45) is 0 Å². The predicted molar refractivity (Wildman–Crippen MR) is 221 cm³/mol. The van der Waals surface area contributed by atoms with E-state index in [1.165, 1.54) is 244 Å². The number of aryl methyl sites for hydroxylation is 1. The highest BCUT2D eigenvalue weighted by molar-refractivity contribution is 7.85. The molecule has 0 saturated heterocycles. The Morgan fingerprint density at radius 2 is 0.620 bits per heavy atom. The predicted octanol–water partition coefficient (Wildman–Crippen LogP) is 16.3. The van der Waals surface area contributed by atoms with E-state index in [1.807, 2.05) is 6.07 Å². The fourth-order valence-corrected chi connectivity index (χ4v) is 8.18. The first kappa shape index (κ1) is 47.2. The summed E-state index contributed by atoms with van der Waals surface area (Å²) >= 11 is 0. The molecule has 4 heteroatoms. The summed E-state index contributed by atoms with van der Waals surface area (Å²) in [5, 5.41) is 0. The van der Waals surface area contributed by atoms with Gasteiger partial charge in [0.15, 0.2) is 0 Å². The van der Waals surface area contributed by atoms with E-state index in [-0.39, 0.29) is 4.90 Å². The van der Waals surface area contributed by atoms with Crippen LogP contribution >= 0.6 is 0 Å². The third-order valence-electron chi connectivity index (χ3n) is 11.0. The van der Waals surface area contributed by atoms with Gasteiger partial charge in [0, 0.05) is 0 Å². The minimum Gasteiger partial charge on any atom is -0.282 e. The van der Waals surface area contributed by atoms with Gasteiger partial charge in [-0.15, -0.1) is 0 Å². The van der Waals surface area contributed by atoms with Crippen molar-refractivity contribution in [3.05, 3.63) is 29.8 Å². The minimum absolute atomic E-state index is 0.00617. The van der Waals surface area contributed by atoms with Crippen molar-refractivity contribution in [1.29, 1.82) is 0 Å². The number of rotatable bonds is 40. The summed E-state index contributed by atoms with van der Waals surface area (Å²) in [4.78, 5) is 0.00617. The number of hydrogen-bond donors (Lipinski definition) is 1. The normalized spacial score (nSPS) is 11.9. The maximum Gasteiger partial charge on any atom is 0.294 e. The lowest BCUT2D eigenvalue weighted by molar-refractivity contribution is 0.483. The van der Waals surface area contributed by atoms with E-state index in [2.05, 4.69) is 6.92 Å². The van der Waals surface area contributed by atoms with Gasteiger partial charge in [-0.1, -0.05) is 257 Å². The van der Waals surface area contributed by atoms with Gasteiger partial charge < -0.3 is 0 Å². The molecule has 0 spiro atoms. The van der Waals surface area contributed by atoms with Crippen LogP contribution in [-0.2, 0) is 16.5 Å². The van der Waals surface area contributed by atoms with Gasteiger partial charge in [0.05, 0.1) is 4.90 Å². The van der Waals surface area contributed by atoms with Crippen molar-refractivity contribution < 1.29 is 13.0 Å². The molecule has 1 rings (SSSR count). The van der Waals surface area contributed by atoms with Crippen LogP contribution < -0.4 is 0 Å². The molecule has 0 unspecified atom stereocenters. The van der Waals surface area contributed by atoms with Crippen LogP contribution in [0.5, 0.6) is 0 Å². The van der Waals surface area contributed by atoms with E-state index in [1.54, 1.807) is 12.1 Å². The summed E-state index contributed by atoms with van der Waals surface area (Å²) in [5.41, 5.74) is 0.992. The molecule has 1 aromatic rings. The summed E-state index contributed by atoms with van der Waals surface area (Å²) in [5.74, 6) is 0. The van der Waals surface area contributed by atoms with Gasteiger partial charge in [0.2, 0.25) is 0 Å². The summed E-state index contributed by atoms with van der Waals surface area (Å²) < 4.78 is 31.7. The largest absolute Gasteiger partial charge is 0.294 e. The lowest BCUT2D eigenvalue weighted by atomic mass is 10.0. The van der Waals surface area contributed by atoms with Crippen LogP contribution in [0.25, 0.3) is 0 Å². The van der Waals surface area contributed by atoms with Crippen LogP contribution in [0.4, 0.5) is 0 Å². The molecule has 1 aromatic carbocycles. The summed E-state index contributed by atoms with van der Waals surface area (Å²) in [6.07, 6.45) is 55.1. The van der Waals surface area contributed by atoms with Gasteiger partial charge in [-0.05, 0) is 30.5 Å². The molecule has 50 heavy (non-hydrogen) atoms. The van der Waals surface area contributed by atoms with Crippen molar-refractivity contribution >= 4 is 10.1 Å². The zero-order valence-electron chi connectivity index (χ0n) is 33.6. The van der Waals surface area contributed by atoms with Crippen molar-refractivity contribution in [2.75, 3.05) is 0 Å². The van der Waals surface area contributed by atoms with Crippen molar-refractivity contribution in [1.82, 2.24) is 0 Å². The van der Waals surface area contributed by atoms with Crippen LogP contribution in [0.1, 0.15) is 256 Å². The molecule has 3 nitrogen and oxygen atoms in total. The van der Waals surface area contributed by atoms with Gasteiger partial charge in [0.1, 0.15) is 0 Å². The number of hydrogen-bond acceptors (Lipinski definition) is 2. The van der Waals surface area contributed by atoms with Crippen molar-refractivity contribution in [3.63, 3.8) is 0 Å². The zero-order valence-corrected chi connectivity index (χ0v) is 34.4. The Morgan fingerprint density at radius 1 is 0.380 bits per heavy atom. The average molecular weight is 719 g/mol. The highest BCUT2D eigenvalue weighted by Gasteiger charge is 2.09. The third kappa shape index (κ3) is 33.0. The first-order valence-electron chi connectivity index (χ1n) is 22.6. The molecule has 0 atom stereocenters. The van der Waals surface area contributed by atoms with Gasteiger partial charge in [-0.25, -0.2) is 0 Å². The van der Waals surface area contributed by atoms with Crippen LogP contribution in [0, 0.1) is 0 Å². The number of unbranched alkanes of at least 4 members (excludes halogenated alkanes) is 37. The minimum atomic E-state index is -4.10. The molecule has 0 bridgehead atoms.